The van der Waals surface area contributed by atoms with Crippen LogP contribution >= 0.6 is 0 Å². The van der Waals surface area contributed by atoms with Crippen LogP contribution in [0.4, 0.5) is 8.78 Å². The first-order chi connectivity index (χ1) is 12.3. The number of rotatable bonds is 4. The summed E-state index contributed by atoms with van der Waals surface area (Å²) >= 11 is 0. The number of carbonyl (C=O) groups excluding carboxylic acids is 1. The fourth-order valence-corrected chi connectivity index (χ4v) is 4.43. The monoisotopic (exact) mass is 356 g/mol. The highest BCUT2D eigenvalue weighted by Gasteiger charge is 2.76. The molecular weight excluding hydrogens is 334 g/mol. The van der Waals surface area contributed by atoms with Crippen LogP contribution < -0.4 is 0 Å². The molecule has 1 saturated carbocycles. The summed E-state index contributed by atoms with van der Waals surface area (Å²) in [7, 11) is 1.31. The SMILES string of the molecule is COC(=O)[C@]1(c2cccc(-c3ccccc3)c2C)[C@@H](C=C(F)F)C1(C)C. The summed E-state index contributed by atoms with van der Waals surface area (Å²) in [5, 5.41) is 0. The number of hydrogen-bond donors (Lipinski definition) is 0. The first-order valence-corrected chi connectivity index (χ1v) is 8.55. The van der Waals surface area contributed by atoms with Crippen molar-refractivity contribution < 1.29 is 18.3 Å². The topological polar surface area (TPSA) is 26.3 Å². The molecule has 0 bridgehead atoms. The number of hydrogen-bond acceptors (Lipinski definition) is 2. The highest BCUT2D eigenvalue weighted by Crippen LogP contribution is 2.71. The van der Waals surface area contributed by atoms with Gasteiger partial charge in [-0.2, -0.15) is 8.78 Å². The molecule has 3 rings (SSSR count). The molecule has 0 saturated heterocycles. The van der Waals surface area contributed by atoms with Crippen molar-refractivity contribution in [1.82, 2.24) is 0 Å². The van der Waals surface area contributed by atoms with E-state index in [1.165, 1.54) is 7.11 Å². The third-order valence-corrected chi connectivity index (χ3v) is 5.82. The van der Waals surface area contributed by atoms with E-state index in [0.29, 0.717) is 0 Å². The molecule has 4 heteroatoms. The van der Waals surface area contributed by atoms with E-state index >= 15 is 0 Å². The average molecular weight is 356 g/mol. The van der Waals surface area contributed by atoms with Gasteiger partial charge >= 0.3 is 5.97 Å². The third kappa shape index (κ3) is 2.47. The molecule has 2 aromatic carbocycles. The summed E-state index contributed by atoms with van der Waals surface area (Å²) in [4.78, 5) is 12.8. The second-order valence-electron chi connectivity index (χ2n) is 7.30. The van der Waals surface area contributed by atoms with Gasteiger partial charge in [0.25, 0.3) is 6.08 Å². The van der Waals surface area contributed by atoms with Crippen LogP contribution in [0.3, 0.4) is 0 Å². The minimum Gasteiger partial charge on any atom is -0.468 e. The summed E-state index contributed by atoms with van der Waals surface area (Å²) in [6.45, 7) is 5.61. The number of halogens is 2. The van der Waals surface area contributed by atoms with Crippen molar-refractivity contribution in [2.24, 2.45) is 11.3 Å². The Balaban J connectivity index is 2.23. The maximum Gasteiger partial charge on any atom is 0.317 e. The van der Waals surface area contributed by atoms with Crippen molar-refractivity contribution in [1.29, 1.82) is 0 Å². The maximum absolute atomic E-state index is 13.0. The van der Waals surface area contributed by atoms with Crippen molar-refractivity contribution in [2.45, 2.75) is 26.2 Å². The minimum atomic E-state index is -1.77. The predicted molar refractivity (Wildman–Crippen MR) is 97.9 cm³/mol. The first-order valence-electron chi connectivity index (χ1n) is 8.55. The zero-order valence-corrected chi connectivity index (χ0v) is 15.3. The van der Waals surface area contributed by atoms with Gasteiger partial charge in [-0.1, -0.05) is 62.4 Å². The number of esters is 1. The Morgan fingerprint density at radius 2 is 1.73 bits per heavy atom. The van der Waals surface area contributed by atoms with E-state index in [9.17, 15) is 13.6 Å². The Morgan fingerprint density at radius 3 is 2.31 bits per heavy atom. The van der Waals surface area contributed by atoms with E-state index in [1.54, 1.807) is 0 Å². The van der Waals surface area contributed by atoms with Crippen LogP contribution in [0.5, 0.6) is 0 Å². The number of benzene rings is 2. The maximum atomic E-state index is 13.0. The van der Waals surface area contributed by atoms with Crippen molar-refractivity contribution in [2.75, 3.05) is 7.11 Å². The quantitative estimate of drug-likeness (QED) is 0.675. The van der Waals surface area contributed by atoms with Crippen molar-refractivity contribution in [3.05, 3.63) is 71.8 Å². The van der Waals surface area contributed by atoms with Gasteiger partial charge in [-0.25, -0.2) is 0 Å². The van der Waals surface area contributed by atoms with Crippen LogP contribution in [0, 0.1) is 18.3 Å². The van der Waals surface area contributed by atoms with Crippen LogP contribution in [0.1, 0.15) is 25.0 Å². The second-order valence-corrected chi connectivity index (χ2v) is 7.30. The molecule has 1 aliphatic rings. The molecule has 0 unspecified atom stereocenters. The molecule has 2 atom stereocenters. The van der Waals surface area contributed by atoms with Gasteiger partial charge in [-0.15, -0.1) is 0 Å². The fraction of sp³-hybridized carbons (Fsp3) is 0.318. The lowest BCUT2D eigenvalue weighted by Crippen LogP contribution is -2.29. The Bertz CT molecular complexity index is 867. The largest absolute Gasteiger partial charge is 0.468 e. The molecule has 0 aromatic heterocycles. The highest BCUT2D eigenvalue weighted by atomic mass is 19.3. The second kappa shape index (κ2) is 6.35. The fourth-order valence-electron chi connectivity index (χ4n) is 4.43. The van der Waals surface area contributed by atoms with Crippen LogP contribution in [-0.4, -0.2) is 13.1 Å². The molecular formula is C22H22F2O2. The van der Waals surface area contributed by atoms with E-state index in [1.807, 2.05) is 69.3 Å². The molecule has 2 nitrogen and oxygen atoms in total. The number of allylic oxidation sites excluding steroid dienone is 1. The molecule has 0 heterocycles. The lowest BCUT2D eigenvalue weighted by molar-refractivity contribution is -0.145. The standard InChI is InChI=1S/C22H22F2O2/c1-14-16(15-9-6-5-7-10-15)11-8-12-17(14)22(20(25)26-4)18(13-19(23)24)21(22,2)3/h5-13,18H,1-4H3/t18-,22-/m0/s1. The van der Waals surface area contributed by atoms with Crippen LogP contribution in [0.2, 0.25) is 0 Å². The highest BCUT2D eigenvalue weighted by molar-refractivity contribution is 5.92. The molecule has 1 aliphatic carbocycles. The smallest absolute Gasteiger partial charge is 0.317 e. The van der Waals surface area contributed by atoms with Gasteiger partial charge in [0.05, 0.1) is 7.11 Å². The van der Waals surface area contributed by atoms with Crippen molar-refractivity contribution in [3.8, 4) is 11.1 Å². The summed E-state index contributed by atoms with van der Waals surface area (Å²) in [6, 6.07) is 15.5. The molecule has 0 N–H and O–H groups in total. The number of carbonyl (C=O) groups is 1. The number of ether oxygens (including phenoxy) is 1. The Kier molecular flexibility index (Phi) is 4.47. The average Bonchev–Trinajstić information content (AvgIpc) is 3.10. The first kappa shape index (κ1) is 18.3. The van der Waals surface area contributed by atoms with Gasteiger partial charge in [-0.3, -0.25) is 4.79 Å². The van der Waals surface area contributed by atoms with E-state index in [4.69, 9.17) is 4.74 Å². The van der Waals surface area contributed by atoms with E-state index in [0.717, 1.165) is 28.3 Å². The lowest BCUT2D eigenvalue weighted by atomic mass is 9.82. The zero-order chi connectivity index (χ0) is 19.1. The Labute approximate surface area is 152 Å². The molecule has 0 spiro atoms. The van der Waals surface area contributed by atoms with Crippen molar-refractivity contribution in [3.63, 3.8) is 0 Å². The molecule has 136 valence electrons. The molecule has 0 radical (unpaired) electrons. The Hall–Kier alpha value is -2.49. The minimum absolute atomic E-state index is 0.474. The molecule has 1 fully saturated rings. The van der Waals surface area contributed by atoms with Crippen molar-refractivity contribution >= 4 is 5.97 Å². The van der Waals surface area contributed by atoms with Crippen LogP contribution in [0.25, 0.3) is 11.1 Å². The summed E-state index contributed by atoms with van der Waals surface area (Å²) < 4.78 is 31.2. The molecule has 0 amide bonds. The summed E-state index contributed by atoms with van der Waals surface area (Å²) in [6.07, 6.45) is -0.878. The van der Waals surface area contributed by atoms with Gasteiger partial charge in [0.15, 0.2) is 0 Å². The molecule has 2 aromatic rings. The number of methoxy groups -OCH3 is 1. The van der Waals surface area contributed by atoms with Gasteiger partial charge in [0, 0.05) is 5.92 Å². The van der Waals surface area contributed by atoms with Crippen LogP contribution in [0.15, 0.2) is 60.7 Å². The third-order valence-electron chi connectivity index (χ3n) is 5.82. The molecule has 0 aliphatic heterocycles. The molecule has 26 heavy (non-hydrogen) atoms. The normalized spacial score (nSPS) is 23.2. The van der Waals surface area contributed by atoms with Gasteiger partial charge < -0.3 is 4.74 Å². The zero-order valence-electron chi connectivity index (χ0n) is 15.3. The van der Waals surface area contributed by atoms with E-state index in [-0.39, 0.29) is 0 Å². The van der Waals surface area contributed by atoms with Gasteiger partial charge in [0.2, 0.25) is 0 Å². The van der Waals surface area contributed by atoms with E-state index < -0.39 is 28.8 Å². The van der Waals surface area contributed by atoms with Gasteiger partial charge in [0.1, 0.15) is 5.41 Å². The predicted octanol–water partition coefficient (Wildman–Crippen LogP) is 5.51. The van der Waals surface area contributed by atoms with E-state index in [2.05, 4.69) is 0 Å². The van der Waals surface area contributed by atoms with Crippen LogP contribution in [-0.2, 0) is 14.9 Å². The Morgan fingerprint density at radius 1 is 1.08 bits per heavy atom. The van der Waals surface area contributed by atoms with Gasteiger partial charge in [-0.05, 0) is 40.7 Å². The lowest BCUT2D eigenvalue weighted by Gasteiger charge is -2.22. The summed E-state index contributed by atoms with van der Waals surface area (Å²) in [5.41, 5.74) is 1.89. The summed E-state index contributed by atoms with van der Waals surface area (Å²) in [5.74, 6) is -1.09.